The van der Waals surface area contributed by atoms with Crippen LogP contribution >= 0.6 is 0 Å². The Hall–Kier alpha value is -1.39. The SMILES string of the molecule is CC1(NC[C@H](O)c2ccc3[nH]cc(F)c3c2)CC1. The second-order valence-electron chi connectivity index (χ2n) is 5.40. The molecule has 1 saturated carbocycles. The van der Waals surface area contributed by atoms with Gasteiger partial charge in [-0.1, -0.05) is 6.07 Å². The molecule has 2 aromatic rings. The minimum Gasteiger partial charge on any atom is -0.387 e. The van der Waals surface area contributed by atoms with Gasteiger partial charge < -0.3 is 15.4 Å². The maximum absolute atomic E-state index is 13.4. The van der Waals surface area contributed by atoms with E-state index in [0.717, 1.165) is 23.9 Å². The third-order valence-corrected chi connectivity index (χ3v) is 3.76. The molecule has 1 aromatic carbocycles. The van der Waals surface area contributed by atoms with Gasteiger partial charge in [0.05, 0.1) is 6.10 Å². The average molecular weight is 248 g/mol. The van der Waals surface area contributed by atoms with Crippen molar-refractivity contribution in [1.82, 2.24) is 10.3 Å². The van der Waals surface area contributed by atoms with Crippen LogP contribution < -0.4 is 5.32 Å². The molecule has 1 aliphatic rings. The lowest BCUT2D eigenvalue weighted by molar-refractivity contribution is 0.169. The van der Waals surface area contributed by atoms with Gasteiger partial charge in [-0.25, -0.2) is 4.39 Å². The number of hydrogen-bond donors (Lipinski definition) is 3. The first-order chi connectivity index (χ1) is 8.57. The lowest BCUT2D eigenvalue weighted by Crippen LogP contribution is -2.31. The van der Waals surface area contributed by atoms with Crippen molar-refractivity contribution in [3.63, 3.8) is 0 Å². The molecule has 1 aromatic heterocycles. The zero-order valence-electron chi connectivity index (χ0n) is 10.3. The molecule has 0 radical (unpaired) electrons. The van der Waals surface area contributed by atoms with Crippen molar-refractivity contribution in [2.24, 2.45) is 0 Å². The molecule has 0 amide bonds. The van der Waals surface area contributed by atoms with Crippen molar-refractivity contribution < 1.29 is 9.50 Å². The first-order valence-electron chi connectivity index (χ1n) is 6.27. The van der Waals surface area contributed by atoms with Crippen molar-refractivity contribution in [2.75, 3.05) is 6.54 Å². The van der Waals surface area contributed by atoms with Crippen molar-refractivity contribution in [3.05, 3.63) is 35.8 Å². The van der Waals surface area contributed by atoms with E-state index in [4.69, 9.17) is 0 Å². The van der Waals surface area contributed by atoms with Crippen LogP contribution in [0.3, 0.4) is 0 Å². The molecule has 18 heavy (non-hydrogen) atoms. The molecule has 1 aliphatic carbocycles. The van der Waals surface area contributed by atoms with Crippen molar-refractivity contribution in [2.45, 2.75) is 31.4 Å². The number of aliphatic hydroxyl groups is 1. The zero-order chi connectivity index (χ0) is 12.8. The number of benzene rings is 1. The Labute approximate surface area is 105 Å². The van der Waals surface area contributed by atoms with E-state index in [2.05, 4.69) is 17.2 Å². The van der Waals surface area contributed by atoms with Crippen LogP contribution in [0.2, 0.25) is 0 Å². The van der Waals surface area contributed by atoms with Gasteiger partial charge in [0.15, 0.2) is 0 Å². The summed E-state index contributed by atoms with van der Waals surface area (Å²) in [6.07, 6.45) is 3.06. The van der Waals surface area contributed by atoms with Crippen molar-refractivity contribution in [3.8, 4) is 0 Å². The van der Waals surface area contributed by atoms with E-state index in [1.54, 1.807) is 12.1 Å². The Kier molecular flexibility index (Phi) is 2.64. The van der Waals surface area contributed by atoms with E-state index < -0.39 is 6.10 Å². The van der Waals surface area contributed by atoms with Crippen LogP contribution in [0.25, 0.3) is 10.9 Å². The fourth-order valence-corrected chi connectivity index (χ4v) is 2.14. The summed E-state index contributed by atoms with van der Waals surface area (Å²) in [6.45, 7) is 2.66. The summed E-state index contributed by atoms with van der Waals surface area (Å²) in [6, 6.07) is 5.35. The molecular formula is C14H17FN2O. The molecular weight excluding hydrogens is 231 g/mol. The van der Waals surface area contributed by atoms with Gasteiger partial charge in [-0.2, -0.15) is 0 Å². The van der Waals surface area contributed by atoms with Gasteiger partial charge in [0.25, 0.3) is 0 Å². The van der Waals surface area contributed by atoms with E-state index in [-0.39, 0.29) is 11.4 Å². The molecule has 0 saturated heterocycles. The Balaban J connectivity index is 1.77. The van der Waals surface area contributed by atoms with Gasteiger partial charge in [0, 0.05) is 29.2 Å². The number of nitrogens with one attached hydrogen (secondary N) is 2. The van der Waals surface area contributed by atoms with E-state index in [9.17, 15) is 9.50 Å². The Morgan fingerprint density at radius 1 is 1.50 bits per heavy atom. The third kappa shape index (κ3) is 2.13. The predicted molar refractivity (Wildman–Crippen MR) is 68.9 cm³/mol. The van der Waals surface area contributed by atoms with Gasteiger partial charge in [-0.3, -0.25) is 0 Å². The number of H-pyrrole nitrogens is 1. The molecule has 4 heteroatoms. The first-order valence-corrected chi connectivity index (χ1v) is 6.27. The minimum absolute atomic E-state index is 0.199. The summed E-state index contributed by atoms with van der Waals surface area (Å²) in [4.78, 5) is 2.85. The Morgan fingerprint density at radius 3 is 3.00 bits per heavy atom. The van der Waals surface area contributed by atoms with E-state index in [1.807, 2.05) is 6.07 Å². The second kappa shape index (κ2) is 4.07. The number of hydrogen-bond acceptors (Lipinski definition) is 2. The summed E-state index contributed by atoms with van der Waals surface area (Å²) in [5.41, 5.74) is 1.70. The molecule has 0 spiro atoms. The van der Waals surface area contributed by atoms with E-state index in [0.29, 0.717) is 11.9 Å². The molecule has 1 atom stereocenters. The summed E-state index contributed by atoms with van der Waals surface area (Å²) in [7, 11) is 0. The molecule has 0 aliphatic heterocycles. The molecule has 3 nitrogen and oxygen atoms in total. The van der Waals surface area contributed by atoms with Crippen LogP contribution in [-0.2, 0) is 0 Å². The molecule has 3 rings (SSSR count). The van der Waals surface area contributed by atoms with Crippen LogP contribution in [0.15, 0.2) is 24.4 Å². The normalized spacial score (nSPS) is 19.1. The highest BCUT2D eigenvalue weighted by atomic mass is 19.1. The predicted octanol–water partition coefficient (Wildman–Crippen LogP) is 2.48. The van der Waals surface area contributed by atoms with Crippen molar-refractivity contribution in [1.29, 1.82) is 0 Å². The lowest BCUT2D eigenvalue weighted by atomic mass is 10.1. The van der Waals surface area contributed by atoms with Gasteiger partial charge in [0.1, 0.15) is 5.82 Å². The van der Waals surface area contributed by atoms with Gasteiger partial charge in [-0.15, -0.1) is 0 Å². The number of aromatic amines is 1. The summed E-state index contributed by atoms with van der Waals surface area (Å²) >= 11 is 0. The minimum atomic E-state index is -0.596. The lowest BCUT2D eigenvalue weighted by Gasteiger charge is -2.16. The molecule has 1 fully saturated rings. The van der Waals surface area contributed by atoms with Crippen LogP contribution in [0.1, 0.15) is 31.4 Å². The number of aliphatic hydroxyl groups excluding tert-OH is 1. The highest BCUT2D eigenvalue weighted by Crippen LogP contribution is 2.34. The van der Waals surface area contributed by atoms with Gasteiger partial charge >= 0.3 is 0 Å². The smallest absolute Gasteiger partial charge is 0.148 e. The van der Waals surface area contributed by atoms with E-state index in [1.165, 1.54) is 6.20 Å². The van der Waals surface area contributed by atoms with E-state index >= 15 is 0 Å². The zero-order valence-corrected chi connectivity index (χ0v) is 10.3. The summed E-state index contributed by atoms with van der Waals surface area (Å²) in [5, 5.41) is 14.0. The monoisotopic (exact) mass is 248 g/mol. The molecule has 96 valence electrons. The Bertz CT molecular complexity index is 574. The number of halogens is 1. The quantitative estimate of drug-likeness (QED) is 0.778. The first kappa shape index (κ1) is 11.7. The molecule has 3 N–H and O–H groups in total. The standard InChI is InChI=1S/C14H17FN2O/c1-14(4-5-14)17-8-13(18)9-2-3-12-10(6-9)11(15)7-16-12/h2-3,6-7,13,16-18H,4-5,8H2,1H3/t13-/m0/s1. The number of fused-ring (bicyclic) bond motifs is 1. The fraction of sp³-hybridized carbons (Fsp3) is 0.429. The highest BCUT2D eigenvalue weighted by Gasteiger charge is 2.36. The highest BCUT2D eigenvalue weighted by molar-refractivity contribution is 5.80. The molecule has 0 bridgehead atoms. The summed E-state index contributed by atoms with van der Waals surface area (Å²) in [5.74, 6) is -0.277. The third-order valence-electron chi connectivity index (χ3n) is 3.76. The van der Waals surface area contributed by atoms with Crippen LogP contribution in [0, 0.1) is 5.82 Å². The topological polar surface area (TPSA) is 48.0 Å². The maximum Gasteiger partial charge on any atom is 0.148 e. The summed E-state index contributed by atoms with van der Waals surface area (Å²) < 4.78 is 13.4. The fourth-order valence-electron chi connectivity index (χ4n) is 2.14. The number of aromatic nitrogens is 1. The number of β-amino-alcohol motifs (C(OH)–C–C–N with tert-alkyl or cyclic N) is 1. The van der Waals surface area contributed by atoms with Crippen LogP contribution in [0.4, 0.5) is 4.39 Å². The average Bonchev–Trinajstić information content (AvgIpc) is 3.00. The van der Waals surface area contributed by atoms with Crippen molar-refractivity contribution >= 4 is 10.9 Å². The molecule has 1 heterocycles. The molecule has 0 unspecified atom stereocenters. The maximum atomic E-state index is 13.4. The Morgan fingerprint density at radius 2 is 2.28 bits per heavy atom. The second-order valence-corrected chi connectivity index (χ2v) is 5.40. The van der Waals surface area contributed by atoms with Gasteiger partial charge in [-0.05, 0) is 37.5 Å². The van der Waals surface area contributed by atoms with Gasteiger partial charge in [0.2, 0.25) is 0 Å². The van der Waals surface area contributed by atoms with Crippen LogP contribution in [-0.4, -0.2) is 22.2 Å². The van der Waals surface area contributed by atoms with Crippen LogP contribution in [0.5, 0.6) is 0 Å². The number of rotatable bonds is 4. The largest absolute Gasteiger partial charge is 0.387 e.